The summed E-state index contributed by atoms with van der Waals surface area (Å²) in [7, 11) is 0. The van der Waals surface area contributed by atoms with Gasteiger partial charge in [0.2, 0.25) is 0 Å². The minimum atomic E-state index is -0.557. The fourth-order valence-electron chi connectivity index (χ4n) is 1.73. The number of halogens is 1. The van der Waals surface area contributed by atoms with Crippen molar-refractivity contribution in [1.82, 2.24) is 0 Å². The molecular weight excluding hydrogens is 249 g/mol. The highest BCUT2D eigenvalue weighted by Gasteiger charge is 2.12. The van der Waals surface area contributed by atoms with Crippen LogP contribution in [0.1, 0.15) is 15.9 Å². The van der Waals surface area contributed by atoms with Crippen LogP contribution in [0.3, 0.4) is 0 Å². The summed E-state index contributed by atoms with van der Waals surface area (Å²) in [6.45, 7) is 0. The fourth-order valence-corrected chi connectivity index (χ4v) is 1.73. The van der Waals surface area contributed by atoms with E-state index in [9.17, 15) is 19.3 Å². The predicted octanol–water partition coefficient (Wildman–Crippen LogP) is 3.16. The summed E-state index contributed by atoms with van der Waals surface area (Å²) >= 11 is 0. The Morgan fingerprint density at radius 3 is 2.58 bits per heavy atom. The topological polar surface area (TPSA) is 60.2 Å². The normalized spacial score (nSPS) is 10.2. The van der Waals surface area contributed by atoms with Gasteiger partial charge in [0.05, 0.1) is 4.92 Å². The zero-order valence-electron chi connectivity index (χ0n) is 9.88. The molecule has 19 heavy (non-hydrogen) atoms. The van der Waals surface area contributed by atoms with Crippen molar-refractivity contribution in [1.29, 1.82) is 0 Å². The van der Waals surface area contributed by atoms with E-state index >= 15 is 0 Å². The lowest BCUT2D eigenvalue weighted by molar-refractivity contribution is -0.384. The third kappa shape index (κ3) is 3.22. The summed E-state index contributed by atoms with van der Waals surface area (Å²) in [6.07, 6.45) is 0.0128. The predicted molar refractivity (Wildman–Crippen MR) is 67.5 cm³/mol. The van der Waals surface area contributed by atoms with Crippen molar-refractivity contribution >= 4 is 11.5 Å². The number of non-ortho nitro benzene ring substituents is 1. The maximum Gasteiger partial charge on any atom is 0.270 e. The van der Waals surface area contributed by atoms with Crippen LogP contribution < -0.4 is 0 Å². The van der Waals surface area contributed by atoms with Gasteiger partial charge in [-0.2, -0.15) is 0 Å². The molecule has 2 aromatic rings. The van der Waals surface area contributed by atoms with Crippen LogP contribution in [0.15, 0.2) is 48.5 Å². The minimum absolute atomic E-state index is 0.0128. The van der Waals surface area contributed by atoms with Crippen molar-refractivity contribution in [3.63, 3.8) is 0 Å². The highest BCUT2D eigenvalue weighted by atomic mass is 19.1. The molecule has 0 spiro atoms. The molecule has 5 heteroatoms. The summed E-state index contributed by atoms with van der Waals surface area (Å²) in [5.41, 5.74) is 0.653. The molecule has 0 aliphatic rings. The lowest BCUT2D eigenvalue weighted by Crippen LogP contribution is -2.04. The molecule has 4 nitrogen and oxygen atoms in total. The number of carbonyl (C=O) groups excluding carboxylic acids is 1. The average Bonchev–Trinajstić information content (AvgIpc) is 2.39. The largest absolute Gasteiger partial charge is 0.294 e. The van der Waals surface area contributed by atoms with E-state index in [0.29, 0.717) is 5.56 Å². The fraction of sp³-hybridized carbons (Fsp3) is 0.0714. The zero-order chi connectivity index (χ0) is 13.8. The number of nitro benzene ring substituents is 1. The maximum absolute atomic E-state index is 13.0. The summed E-state index contributed by atoms with van der Waals surface area (Å²) in [5.74, 6) is -0.696. The molecule has 0 heterocycles. The molecule has 0 bridgehead atoms. The number of rotatable bonds is 4. The molecule has 0 amide bonds. The first kappa shape index (κ1) is 12.9. The van der Waals surface area contributed by atoms with Gasteiger partial charge in [0.15, 0.2) is 5.78 Å². The van der Waals surface area contributed by atoms with Crippen molar-refractivity contribution in [2.24, 2.45) is 0 Å². The van der Waals surface area contributed by atoms with Crippen molar-refractivity contribution < 1.29 is 14.1 Å². The third-order valence-corrected chi connectivity index (χ3v) is 2.63. The van der Waals surface area contributed by atoms with E-state index in [2.05, 4.69) is 0 Å². The van der Waals surface area contributed by atoms with Gasteiger partial charge in [-0.1, -0.05) is 24.3 Å². The molecule has 0 unspecified atom stereocenters. The molecule has 2 rings (SSSR count). The maximum atomic E-state index is 13.0. The van der Waals surface area contributed by atoms with Crippen LogP contribution in [0, 0.1) is 15.9 Å². The van der Waals surface area contributed by atoms with Crippen LogP contribution in [0.5, 0.6) is 0 Å². The van der Waals surface area contributed by atoms with Gasteiger partial charge >= 0.3 is 0 Å². The number of benzene rings is 2. The Bertz CT molecular complexity index is 640. The smallest absolute Gasteiger partial charge is 0.270 e. The van der Waals surface area contributed by atoms with E-state index in [0.717, 1.165) is 0 Å². The van der Waals surface area contributed by atoms with Crippen LogP contribution in [-0.2, 0) is 6.42 Å². The first-order chi connectivity index (χ1) is 9.06. The average molecular weight is 259 g/mol. The Morgan fingerprint density at radius 1 is 1.16 bits per heavy atom. The number of ketones is 1. The molecule has 0 aliphatic heterocycles. The van der Waals surface area contributed by atoms with Gasteiger partial charge in [-0.05, 0) is 17.7 Å². The van der Waals surface area contributed by atoms with Crippen molar-refractivity contribution in [3.05, 3.63) is 75.6 Å². The second-order valence-electron chi connectivity index (χ2n) is 4.04. The van der Waals surface area contributed by atoms with Crippen molar-refractivity contribution in [2.75, 3.05) is 0 Å². The van der Waals surface area contributed by atoms with Crippen LogP contribution in [-0.4, -0.2) is 10.7 Å². The van der Waals surface area contributed by atoms with Gasteiger partial charge in [-0.25, -0.2) is 4.39 Å². The monoisotopic (exact) mass is 259 g/mol. The SMILES string of the molecule is O=C(Cc1cccc(F)c1)c1cccc([N+](=O)[O-])c1. The van der Waals surface area contributed by atoms with E-state index in [4.69, 9.17) is 0 Å². The Morgan fingerprint density at radius 2 is 1.89 bits per heavy atom. The lowest BCUT2D eigenvalue weighted by atomic mass is 10.0. The number of hydrogen-bond donors (Lipinski definition) is 0. The Labute approximate surface area is 108 Å². The first-order valence-corrected chi connectivity index (χ1v) is 5.58. The minimum Gasteiger partial charge on any atom is -0.294 e. The van der Waals surface area contributed by atoms with Crippen LogP contribution in [0.2, 0.25) is 0 Å². The molecule has 0 N–H and O–H groups in total. The lowest BCUT2D eigenvalue weighted by Gasteiger charge is -2.02. The summed E-state index contributed by atoms with van der Waals surface area (Å²) in [6, 6.07) is 11.2. The summed E-state index contributed by atoms with van der Waals surface area (Å²) in [5, 5.41) is 10.6. The Hall–Kier alpha value is -2.56. The number of nitro groups is 1. The Balaban J connectivity index is 2.20. The first-order valence-electron chi connectivity index (χ1n) is 5.58. The van der Waals surface area contributed by atoms with Gasteiger partial charge in [-0.15, -0.1) is 0 Å². The van der Waals surface area contributed by atoms with Gasteiger partial charge < -0.3 is 0 Å². The van der Waals surface area contributed by atoms with Gasteiger partial charge in [0.25, 0.3) is 5.69 Å². The molecule has 0 radical (unpaired) electrons. The molecule has 0 fully saturated rings. The summed E-state index contributed by atoms with van der Waals surface area (Å²) in [4.78, 5) is 22.0. The summed E-state index contributed by atoms with van der Waals surface area (Å²) < 4.78 is 13.0. The molecule has 0 atom stereocenters. The van der Waals surface area contributed by atoms with E-state index in [-0.39, 0.29) is 23.5 Å². The van der Waals surface area contributed by atoms with Gasteiger partial charge in [-0.3, -0.25) is 14.9 Å². The van der Waals surface area contributed by atoms with Crippen molar-refractivity contribution in [3.8, 4) is 0 Å². The molecular formula is C14H10FNO3. The molecule has 96 valence electrons. The van der Waals surface area contributed by atoms with Crippen LogP contribution in [0.25, 0.3) is 0 Å². The molecule has 0 aromatic heterocycles. The second-order valence-corrected chi connectivity index (χ2v) is 4.04. The number of carbonyl (C=O) groups is 1. The molecule has 2 aromatic carbocycles. The van der Waals surface area contributed by atoms with Crippen LogP contribution in [0.4, 0.5) is 10.1 Å². The van der Waals surface area contributed by atoms with E-state index < -0.39 is 10.7 Å². The van der Waals surface area contributed by atoms with Crippen LogP contribution >= 0.6 is 0 Å². The molecule has 0 aliphatic carbocycles. The number of hydrogen-bond acceptors (Lipinski definition) is 3. The van der Waals surface area contributed by atoms with Gasteiger partial charge in [0.1, 0.15) is 5.82 Å². The van der Waals surface area contributed by atoms with E-state index in [1.54, 1.807) is 6.07 Å². The van der Waals surface area contributed by atoms with Crippen molar-refractivity contribution in [2.45, 2.75) is 6.42 Å². The second kappa shape index (κ2) is 5.39. The Kier molecular flexibility index (Phi) is 3.66. The third-order valence-electron chi connectivity index (χ3n) is 2.63. The van der Waals surface area contributed by atoms with E-state index in [1.807, 2.05) is 0 Å². The molecule has 0 saturated heterocycles. The quantitative estimate of drug-likeness (QED) is 0.481. The zero-order valence-corrected chi connectivity index (χ0v) is 9.88. The van der Waals surface area contributed by atoms with E-state index in [1.165, 1.54) is 42.5 Å². The highest BCUT2D eigenvalue weighted by molar-refractivity contribution is 5.98. The number of Topliss-reactive ketones (excluding diaryl/α,β-unsaturated/α-hetero) is 1. The molecule has 0 saturated carbocycles. The number of nitrogens with zero attached hydrogens (tertiary/aromatic N) is 1. The highest BCUT2D eigenvalue weighted by Crippen LogP contribution is 2.15. The standard InChI is InChI=1S/C14H10FNO3/c15-12-5-1-3-10(7-12)8-14(17)11-4-2-6-13(9-11)16(18)19/h1-7,9H,8H2. The van der Waals surface area contributed by atoms with Gasteiger partial charge in [0, 0.05) is 24.1 Å².